The fourth-order valence-electron chi connectivity index (χ4n) is 3.09. The number of amides is 1. The highest BCUT2D eigenvalue weighted by Crippen LogP contribution is 2.34. The molecule has 0 bridgehead atoms. The van der Waals surface area contributed by atoms with Gasteiger partial charge in [0, 0.05) is 31.7 Å². The van der Waals surface area contributed by atoms with Crippen LogP contribution in [0.5, 0.6) is 5.75 Å². The fraction of sp³-hybridized carbons (Fsp3) is 0.263. The first-order chi connectivity index (χ1) is 12.7. The summed E-state index contributed by atoms with van der Waals surface area (Å²) in [5, 5.41) is 0.943. The maximum absolute atomic E-state index is 13.0. The van der Waals surface area contributed by atoms with Gasteiger partial charge >= 0.3 is 0 Å². The molecule has 134 valence electrons. The zero-order valence-electron chi connectivity index (χ0n) is 14.3. The molecule has 1 saturated heterocycles. The van der Waals surface area contributed by atoms with Gasteiger partial charge < -0.3 is 14.5 Å². The van der Waals surface area contributed by atoms with E-state index < -0.39 is 0 Å². The summed E-state index contributed by atoms with van der Waals surface area (Å²) in [6.45, 7) is 2.66. The number of rotatable bonds is 3. The Morgan fingerprint density at radius 3 is 2.54 bits per heavy atom. The summed E-state index contributed by atoms with van der Waals surface area (Å²) < 4.78 is 19.5. The van der Waals surface area contributed by atoms with E-state index >= 15 is 0 Å². The third-order valence-corrected chi connectivity index (χ3v) is 5.60. The van der Waals surface area contributed by atoms with E-state index in [1.165, 1.54) is 24.3 Å². The van der Waals surface area contributed by atoms with Crippen molar-refractivity contribution in [2.75, 3.05) is 38.2 Å². The number of anilines is 1. The van der Waals surface area contributed by atoms with E-state index in [2.05, 4.69) is 4.90 Å². The fourth-order valence-corrected chi connectivity index (χ4v) is 4.12. The van der Waals surface area contributed by atoms with Crippen molar-refractivity contribution in [1.29, 1.82) is 0 Å². The Bertz CT molecular complexity index is 934. The Hall–Kier alpha value is -2.67. The predicted molar refractivity (Wildman–Crippen MR) is 101 cm³/mol. The molecule has 1 aliphatic rings. The molecule has 5 nitrogen and oxygen atoms in total. The van der Waals surface area contributed by atoms with Gasteiger partial charge in [-0.15, -0.1) is 0 Å². The summed E-state index contributed by atoms with van der Waals surface area (Å²) in [6.07, 6.45) is 0. The lowest BCUT2D eigenvalue weighted by molar-refractivity contribution is 0.0746. The number of hydrogen-bond acceptors (Lipinski definition) is 5. The molecule has 0 N–H and O–H groups in total. The van der Waals surface area contributed by atoms with Crippen molar-refractivity contribution in [2.45, 2.75) is 0 Å². The Morgan fingerprint density at radius 2 is 1.85 bits per heavy atom. The van der Waals surface area contributed by atoms with Crippen LogP contribution in [0.15, 0.2) is 42.5 Å². The minimum absolute atomic E-state index is 0.0596. The van der Waals surface area contributed by atoms with E-state index in [1.54, 1.807) is 23.3 Å². The molecule has 0 radical (unpaired) electrons. The molecule has 0 spiro atoms. The molecule has 1 aliphatic heterocycles. The van der Waals surface area contributed by atoms with Crippen LogP contribution in [0.3, 0.4) is 0 Å². The highest BCUT2D eigenvalue weighted by atomic mass is 32.1. The normalized spacial score (nSPS) is 14.7. The number of ether oxygens (including phenoxy) is 1. The molecule has 1 fully saturated rings. The first-order valence-electron chi connectivity index (χ1n) is 8.39. The number of methoxy groups -OCH3 is 1. The largest absolute Gasteiger partial charge is 0.494 e. The van der Waals surface area contributed by atoms with Crippen molar-refractivity contribution in [3.63, 3.8) is 0 Å². The molecule has 26 heavy (non-hydrogen) atoms. The van der Waals surface area contributed by atoms with Crippen LogP contribution in [-0.2, 0) is 0 Å². The number of fused-ring (bicyclic) bond motifs is 1. The van der Waals surface area contributed by atoms with E-state index in [1.807, 2.05) is 18.2 Å². The maximum Gasteiger partial charge on any atom is 0.253 e. The minimum atomic E-state index is -0.336. The van der Waals surface area contributed by atoms with Crippen molar-refractivity contribution in [1.82, 2.24) is 9.88 Å². The average Bonchev–Trinajstić information content (AvgIpc) is 3.12. The zero-order chi connectivity index (χ0) is 18.1. The summed E-state index contributed by atoms with van der Waals surface area (Å²) in [5.74, 6) is 0.378. The van der Waals surface area contributed by atoms with E-state index in [-0.39, 0.29) is 11.7 Å². The lowest BCUT2D eigenvalue weighted by atomic mass is 10.2. The molecular formula is C19H18FN3O2S. The molecule has 1 aromatic heterocycles. The van der Waals surface area contributed by atoms with Crippen LogP contribution in [0.1, 0.15) is 10.4 Å². The van der Waals surface area contributed by atoms with E-state index in [0.717, 1.165) is 34.2 Å². The number of halogens is 1. The number of aromatic nitrogens is 1. The van der Waals surface area contributed by atoms with Gasteiger partial charge in [0.05, 0.1) is 11.8 Å². The smallest absolute Gasteiger partial charge is 0.253 e. The van der Waals surface area contributed by atoms with Gasteiger partial charge in [-0.1, -0.05) is 17.4 Å². The van der Waals surface area contributed by atoms with Gasteiger partial charge in [-0.3, -0.25) is 4.79 Å². The van der Waals surface area contributed by atoms with Crippen molar-refractivity contribution in [3.8, 4) is 5.75 Å². The standard InChI is InChI=1S/C19H18FN3O2S/c1-25-15-3-2-4-16-17(15)21-19(26-16)23-11-9-22(10-12-23)18(24)13-5-7-14(20)8-6-13/h2-8H,9-12H2,1H3. The SMILES string of the molecule is COc1cccc2sc(N3CCN(C(=O)c4ccc(F)cc4)CC3)nc12. The summed E-state index contributed by atoms with van der Waals surface area (Å²) in [6, 6.07) is 11.6. The molecule has 2 aromatic carbocycles. The van der Waals surface area contributed by atoms with Gasteiger partial charge in [-0.25, -0.2) is 9.37 Å². The Morgan fingerprint density at radius 1 is 1.12 bits per heavy atom. The average molecular weight is 371 g/mol. The molecule has 4 rings (SSSR count). The molecular weight excluding hydrogens is 353 g/mol. The van der Waals surface area contributed by atoms with E-state index in [9.17, 15) is 9.18 Å². The number of benzene rings is 2. The first kappa shape index (κ1) is 16.8. The molecule has 7 heteroatoms. The number of nitrogens with zero attached hydrogens (tertiary/aromatic N) is 3. The number of hydrogen-bond donors (Lipinski definition) is 0. The summed E-state index contributed by atoms with van der Waals surface area (Å²) in [5.41, 5.74) is 1.39. The van der Waals surface area contributed by atoms with Crippen LogP contribution in [0.2, 0.25) is 0 Å². The van der Waals surface area contributed by atoms with E-state index in [0.29, 0.717) is 18.7 Å². The number of carbonyl (C=O) groups excluding carboxylic acids is 1. The Balaban J connectivity index is 1.46. The van der Waals surface area contributed by atoms with Crippen LogP contribution >= 0.6 is 11.3 Å². The molecule has 0 atom stereocenters. The second kappa shape index (κ2) is 6.92. The van der Waals surface area contributed by atoms with Crippen molar-refractivity contribution in [3.05, 3.63) is 53.8 Å². The predicted octanol–water partition coefficient (Wildman–Crippen LogP) is 3.41. The van der Waals surface area contributed by atoms with Gasteiger partial charge in [0.25, 0.3) is 5.91 Å². The van der Waals surface area contributed by atoms with Gasteiger partial charge in [0.2, 0.25) is 0 Å². The lowest BCUT2D eigenvalue weighted by Gasteiger charge is -2.34. The Labute approximate surface area is 154 Å². The van der Waals surface area contributed by atoms with Crippen molar-refractivity contribution >= 4 is 32.6 Å². The summed E-state index contributed by atoms with van der Waals surface area (Å²) in [7, 11) is 1.65. The van der Waals surface area contributed by atoms with Gasteiger partial charge in [0.1, 0.15) is 17.1 Å². The van der Waals surface area contributed by atoms with Gasteiger partial charge in [0.15, 0.2) is 5.13 Å². The number of thiazole rings is 1. The second-order valence-electron chi connectivity index (χ2n) is 6.09. The third kappa shape index (κ3) is 3.10. The van der Waals surface area contributed by atoms with Crippen LogP contribution in [0, 0.1) is 5.82 Å². The van der Waals surface area contributed by atoms with Crippen LogP contribution in [0.25, 0.3) is 10.2 Å². The van der Waals surface area contributed by atoms with Crippen molar-refractivity contribution < 1.29 is 13.9 Å². The Kier molecular flexibility index (Phi) is 4.46. The molecule has 0 unspecified atom stereocenters. The summed E-state index contributed by atoms with van der Waals surface area (Å²) >= 11 is 1.63. The number of para-hydroxylation sites is 1. The van der Waals surface area contributed by atoms with E-state index in [4.69, 9.17) is 9.72 Å². The van der Waals surface area contributed by atoms with Crippen molar-refractivity contribution in [2.24, 2.45) is 0 Å². The minimum Gasteiger partial charge on any atom is -0.494 e. The zero-order valence-corrected chi connectivity index (χ0v) is 15.1. The number of piperazine rings is 1. The third-order valence-electron chi connectivity index (χ3n) is 4.52. The van der Waals surface area contributed by atoms with Crippen LogP contribution < -0.4 is 9.64 Å². The second-order valence-corrected chi connectivity index (χ2v) is 7.10. The molecule has 0 aliphatic carbocycles. The highest BCUT2D eigenvalue weighted by molar-refractivity contribution is 7.22. The lowest BCUT2D eigenvalue weighted by Crippen LogP contribution is -2.48. The monoisotopic (exact) mass is 371 g/mol. The van der Waals surface area contributed by atoms with Gasteiger partial charge in [-0.05, 0) is 36.4 Å². The molecule has 3 aromatic rings. The number of carbonyl (C=O) groups is 1. The molecule has 1 amide bonds. The summed E-state index contributed by atoms with van der Waals surface area (Å²) in [4.78, 5) is 21.2. The molecule has 2 heterocycles. The van der Waals surface area contributed by atoms with Crippen LogP contribution in [-0.4, -0.2) is 49.1 Å². The quantitative estimate of drug-likeness (QED) is 0.708. The first-order valence-corrected chi connectivity index (χ1v) is 9.20. The highest BCUT2D eigenvalue weighted by Gasteiger charge is 2.24. The van der Waals surface area contributed by atoms with Crippen LogP contribution in [0.4, 0.5) is 9.52 Å². The van der Waals surface area contributed by atoms with Gasteiger partial charge in [-0.2, -0.15) is 0 Å². The topological polar surface area (TPSA) is 45.7 Å². The maximum atomic E-state index is 13.0. The molecule has 0 saturated carbocycles.